The van der Waals surface area contributed by atoms with Gasteiger partial charge in [0.1, 0.15) is 0 Å². The molecule has 3 heteroatoms. The lowest BCUT2D eigenvalue weighted by molar-refractivity contribution is 0.339. The minimum absolute atomic E-state index is 0.240. The van der Waals surface area contributed by atoms with E-state index in [-0.39, 0.29) is 6.04 Å². The molecule has 2 aliphatic carbocycles. The van der Waals surface area contributed by atoms with E-state index in [1.807, 2.05) is 17.9 Å². The Balaban J connectivity index is 2.11. The average molecular weight is 177 g/mol. The van der Waals surface area contributed by atoms with Crippen molar-refractivity contribution in [2.24, 2.45) is 18.2 Å². The van der Waals surface area contributed by atoms with Crippen LogP contribution in [-0.2, 0) is 13.5 Å². The molecule has 0 bridgehead atoms. The van der Waals surface area contributed by atoms with Gasteiger partial charge < -0.3 is 5.73 Å². The Morgan fingerprint density at radius 3 is 3.00 bits per heavy atom. The van der Waals surface area contributed by atoms with Gasteiger partial charge in [-0.3, -0.25) is 4.68 Å². The van der Waals surface area contributed by atoms with Gasteiger partial charge in [0.15, 0.2) is 0 Å². The molecule has 1 spiro atoms. The first-order chi connectivity index (χ1) is 6.23. The number of rotatable bonds is 0. The van der Waals surface area contributed by atoms with Gasteiger partial charge in [-0.15, -0.1) is 0 Å². The minimum atomic E-state index is 0.240. The Bertz CT molecular complexity index is 349. The van der Waals surface area contributed by atoms with Crippen LogP contribution < -0.4 is 5.73 Å². The second-order valence-electron chi connectivity index (χ2n) is 4.52. The van der Waals surface area contributed by atoms with Crippen LogP contribution in [0.4, 0.5) is 0 Å². The molecule has 0 saturated heterocycles. The van der Waals surface area contributed by atoms with E-state index in [0.717, 1.165) is 0 Å². The molecule has 2 aliphatic rings. The molecule has 70 valence electrons. The molecule has 3 rings (SSSR count). The smallest absolute Gasteiger partial charge is 0.0585 e. The maximum absolute atomic E-state index is 6.27. The van der Waals surface area contributed by atoms with Gasteiger partial charge in [0.2, 0.25) is 0 Å². The molecule has 0 amide bonds. The molecule has 1 fully saturated rings. The maximum atomic E-state index is 6.27. The lowest BCUT2D eigenvalue weighted by atomic mass is 9.81. The summed E-state index contributed by atoms with van der Waals surface area (Å²) in [5.41, 5.74) is 9.38. The van der Waals surface area contributed by atoms with Gasteiger partial charge in [0.05, 0.1) is 17.9 Å². The van der Waals surface area contributed by atoms with Crippen molar-refractivity contribution in [1.29, 1.82) is 0 Å². The van der Waals surface area contributed by atoms with Gasteiger partial charge in [-0.2, -0.15) is 5.10 Å². The molecule has 0 aromatic carbocycles. The number of hydrogen-bond donors (Lipinski definition) is 1. The molecule has 2 N–H and O–H groups in total. The highest BCUT2D eigenvalue weighted by atomic mass is 15.3. The minimum Gasteiger partial charge on any atom is -0.322 e. The number of aromatic nitrogens is 2. The van der Waals surface area contributed by atoms with E-state index in [9.17, 15) is 0 Å². The Labute approximate surface area is 77.9 Å². The summed E-state index contributed by atoms with van der Waals surface area (Å²) in [4.78, 5) is 0. The molecule has 3 nitrogen and oxygen atoms in total. The van der Waals surface area contributed by atoms with Crippen molar-refractivity contribution in [3.05, 3.63) is 17.5 Å². The summed E-state index contributed by atoms with van der Waals surface area (Å²) in [6, 6.07) is 0.240. The van der Waals surface area contributed by atoms with E-state index >= 15 is 0 Å². The van der Waals surface area contributed by atoms with Crippen LogP contribution >= 0.6 is 0 Å². The highest BCUT2D eigenvalue weighted by molar-refractivity contribution is 5.29. The van der Waals surface area contributed by atoms with Crippen LogP contribution in [0.25, 0.3) is 0 Å². The molecular weight excluding hydrogens is 162 g/mol. The lowest BCUT2D eigenvalue weighted by Crippen LogP contribution is -2.30. The summed E-state index contributed by atoms with van der Waals surface area (Å²) in [7, 11) is 2.00. The number of fused-ring (bicyclic) bond motifs is 1. The third kappa shape index (κ3) is 0.854. The summed E-state index contributed by atoms with van der Waals surface area (Å²) in [5, 5.41) is 4.28. The molecule has 0 radical (unpaired) electrons. The Morgan fingerprint density at radius 2 is 2.31 bits per heavy atom. The Kier molecular flexibility index (Phi) is 1.25. The van der Waals surface area contributed by atoms with Crippen LogP contribution in [0.5, 0.6) is 0 Å². The van der Waals surface area contributed by atoms with E-state index < -0.39 is 0 Å². The van der Waals surface area contributed by atoms with E-state index in [1.54, 1.807) is 0 Å². The second-order valence-corrected chi connectivity index (χ2v) is 4.52. The predicted octanol–water partition coefficient (Wildman–Crippen LogP) is 1.15. The predicted molar refractivity (Wildman–Crippen MR) is 50.1 cm³/mol. The van der Waals surface area contributed by atoms with Crippen molar-refractivity contribution in [3.63, 3.8) is 0 Å². The van der Waals surface area contributed by atoms with E-state index in [0.29, 0.717) is 5.41 Å². The number of hydrogen-bond acceptors (Lipinski definition) is 2. The summed E-state index contributed by atoms with van der Waals surface area (Å²) < 4.78 is 1.96. The molecule has 1 atom stereocenters. The van der Waals surface area contributed by atoms with Crippen LogP contribution in [-0.4, -0.2) is 9.78 Å². The fourth-order valence-electron chi connectivity index (χ4n) is 2.64. The fraction of sp³-hybridized carbons (Fsp3) is 0.700. The fourth-order valence-corrected chi connectivity index (χ4v) is 2.64. The van der Waals surface area contributed by atoms with Crippen molar-refractivity contribution in [2.45, 2.75) is 31.7 Å². The molecule has 0 aliphatic heterocycles. The molecular formula is C10H15N3. The third-order valence-electron chi connectivity index (χ3n) is 3.80. The standard InChI is InChI=1S/C10H15N3/c1-13-8-7(6-12-13)2-3-10(4-5-10)9(8)11/h6,9H,2-5,11H2,1H3. The van der Waals surface area contributed by atoms with Gasteiger partial charge in [0.25, 0.3) is 0 Å². The second kappa shape index (κ2) is 2.15. The zero-order valence-corrected chi connectivity index (χ0v) is 7.95. The molecule has 1 aromatic heterocycles. The van der Waals surface area contributed by atoms with Gasteiger partial charge in [-0.05, 0) is 36.7 Å². The summed E-state index contributed by atoms with van der Waals surface area (Å²) in [6.45, 7) is 0. The Hall–Kier alpha value is -0.830. The monoisotopic (exact) mass is 177 g/mol. The zero-order chi connectivity index (χ0) is 9.05. The normalized spacial score (nSPS) is 28.9. The van der Waals surface area contributed by atoms with Crippen molar-refractivity contribution < 1.29 is 0 Å². The van der Waals surface area contributed by atoms with E-state index in [1.165, 1.54) is 36.9 Å². The lowest BCUT2D eigenvalue weighted by Gasteiger charge is -2.29. The first-order valence-corrected chi connectivity index (χ1v) is 4.99. The quantitative estimate of drug-likeness (QED) is 0.646. The summed E-state index contributed by atoms with van der Waals surface area (Å²) in [6.07, 6.45) is 7.06. The van der Waals surface area contributed by atoms with Crippen molar-refractivity contribution >= 4 is 0 Å². The molecule has 1 heterocycles. The molecule has 1 unspecified atom stereocenters. The average Bonchev–Trinajstić information content (AvgIpc) is 2.80. The van der Waals surface area contributed by atoms with E-state index in [2.05, 4.69) is 5.10 Å². The number of nitrogens with zero attached hydrogens (tertiary/aromatic N) is 2. The first kappa shape index (κ1) is 7.56. The van der Waals surface area contributed by atoms with Crippen LogP contribution in [0.15, 0.2) is 6.20 Å². The number of aryl methyl sites for hydroxylation is 2. The maximum Gasteiger partial charge on any atom is 0.0585 e. The highest BCUT2D eigenvalue weighted by Gasteiger charge is 2.51. The van der Waals surface area contributed by atoms with Crippen molar-refractivity contribution in [3.8, 4) is 0 Å². The number of nitrogens with two attached hydrogens (primary N) is 1. The third-order valence-corrected chi connectivity index (χ3v) is 3.80. The first-order valence-electron chi connectivity index (χ1n) is 4.99. The van der Waals surface area contributed by atoms with Gasteiger partial charge >= 0.3 is 0 Å². The van der Waals surface area contributed by atoms with Crippen LogP contribution in [0.2, 0.25) is 0 Å². The summed E-state index contributed by atoms with van der Waals surface area (Å²) in [5.74, 6) is 0. The van der Waals surface area contributed by atoms with Crippen LogP contribution in [0.3, 0.4) is 0 Å². The van der Waals surface area contributed by atoms with Gasteiger partial charge in [-0.1, -0.05) is 0 Å². The van der Waals surface area contributed by atoms with Gasteiger partial charge in [-0.25, -0.2) is 0 Å². The molecule has 1 saturated carbocycles. The van der Waals surface area contributed by atoms with Crippen molar-refractivity contribution in [1.82, 2.24) is 9.78 Å². The van der Waals surface area contributed by atoms with Gasteiger partial charge in [0, 0.05) is 7.05 Å². The highest BCUT2D eigenvalue weighted by Crippen LogP contribution is 2.59. The zero-order valence-electron chi connectivity index (χ0n) is 7.95. The van der Waals surface area contributed by atoms with Crippen LogP contribution in [0, 0.1) is 5.41 Å². The van der Waals surface area contributed by atoms with Crippen LogP contribution in [0.1, 0.15) is 36.6 Å². The molecule has 1 aromatic rings. The summed E-state index contributed by atoms with van der Waals surface area (Å²) >= 11 is 0. The molecule has 13 heavy (non-hydrogen) atoms. The SMILES string of the molecule is Cn1ncc2c1C(N)C1(CC2)CC1. The largest absolute Gasteiger partial charge is 0.322 e. The Morgan fingerprint density at radius 1 is 1.54 bits per heavy atom. The van der Waals surface area contributed by atoms with Crippen molar-refractivity contribution in [2.75, 3.05) is 0 Å². The van der Waals surface area contributed by atoms with E-state index in [4.69, 9.17) is 5.73 Å². The topological polar surface area (TPSA) is 43.8 Å².